The molecule has 8 heteroatoms. The van der Waals surface area contributed by atoms with E-state index >= 15 is 0 Å². The Hall–Kier alpha value is -2.35. The van der Waals surface area contributed by atoms with Crippen molar-refractivity contribution in [1.29, 1.82) is 0 Å². The van der Waals surface area contributed by atoms with Crippen molar-refractivity contribution in [2.75, 3.05) is 0 Å². The number of furan rings is 1. The second-order valence-electron chi connectivity index (χ2n) is 4.69. The Kier molecular flexibility index (Phi) is 3.03. The lowest BCUT2D eigenvalue weighted by atomic mass is 10.1. The predicted octanol–water partition coefficient (Wildman–Crippen LogP) is -0.286. The van der Waals surface area contributed by atoms with Crippen molar-refractivity contribution in [1.82, 2.24) is 15.6 Å². The van der Waals surface area contributed by atoms with Gasteiger partial charge in [0.2, 0.25) is 0 Å². The highest BCUT2D eigenvalue weighted by atomic mass is 16.4. The van der Waals surface area contributed by atoms with Gasteiger partial charge in [0.15, 0.2) is 5.76 Å². The fraction of sp³-hybridized carbons (Fsp3) is 0.364. The summed E-state index contributed by atoms with van der Waals surface area (Å²) >= 11 is 0. The van der Waals surface area contributed by atoms with E-state index in [1.54, 1.807) is 13.8 Å². The van der Waals surface area contributed by atoms with Gasteiger partial charge in [0, 0.05) is 0 Å². The van der Waals surface area contributed by atoms with Gasteiger partial charge in [-0.3, -0.25) is 19.9 Å². The third-order valence-corrected chi connectivity index (χ3v) is 2.77. The number of rotatable bonds is 3. The van der Waals surface area contributed by atoms with E-state index in [1.807, 2.05) is 5.43 Å². The van der Waals surface area contributed by atoms with Crippen molar-refractivity contribution in [2.45, 2.75) is 25.9 Å². The van der Waals surface area contributed by atoms with Gasteiger partial charge in [-0.05, 0) is 26.0 Å². The van der Waals surface area contributed by atoms with Crippen LogP contribution in [0.2, 0.25) is 0 Å². The van der Waals surface area contributed by atoms with E-state index in [2.05, 4.69) is 5.32 Å². The summed E-state index contributed by atoms with van der Waals surface area (Å²) < 4.78 is 5.20. The van der Waals surface area contributed by atoms with Crippen LogP contribution in [-0.2, 0) is 11.3 Å². The van der Waals surface area contributed by atoms with Gasteiger partial charge in [-0.25, -0.2) is 10.6 Å². The number of nitrogen functional groups attached to an aromatic ring is 1. The van der Waals surface area contributed by atoms with Gasteiger partial charge in [0.05, 0.1) is 6.54 Å². The maximum Gasteiger partial charge on any atom is 0.325 e. The first-order valence-electron chi connectivity index (χ1n) is 5.59. The van der Waals surface area contributed by atoms with E-state index in [1.165, 1.54) is 12.1 Å². The molecule has 0 spiro atoms. The van der Waals surface area contributed by atoms with Gasteiger partial charge < -0.3 is 9.73 Å². The predicted molar refractivity (Wildman–Crippen MR) is 63.5 cm³/mol. The van der Waals surface area contributed by atoms with Crippen LogP contribution >= 0.6 is 0 Å². The molecule has 0 radical (unpaired) electrons. The Labute approximate surface area is 108 Å². The molecule has 2 rings (SSSR count). The fourth-order valence-electron chi connectivity index (χ4n) is 1.77. The highest BCUT2D eigenvalue weighted by Crippen LogP contribution is 2.20. The monoisotopic (exact) mass is 266 g/mol. The molecule has 1 saturated heterocycles. The topological polar surface area (TPSA) is 118 Å². The van der Waals surface area contributed by atoms with Crippen LogP contribution in [0.5, 0.6) is 0 Å². The van der Waals surface area contributed by atoms with E-state index in [0.717, 1.165) is 4.90 Å². The van der Waals surface area contributed by atoms with Crippen molar-refractivity contribution in [2.24, 2.45) is 5.84 Å². The van der Waals surface area contributed by atoms with Gasteiger partial charge >= 0.3 is 11.9 Å². The van der Waals surface area contributed by atoms with Crippen molar-refractivity contribution in [3.8, 4) is 0 Å². The molecule has 102 valence electrons. The lowest BCUT2D eigenvalue weighted by Crippen LogP contribution is -2.40. The number of amides is 4. The number of carbonyl (C=O) groups is 3. The first-order chi connectivity index (χ1) is 8.85. The minimum atomic E-state index is -0.929. The molecule has 19 heavy (non-hydrogen) atoms. The number of urea groups is 1. The van der Waals surface area contributed by atoms with Gasteiger partial charge in [0.25, 0.3) is 5.91 Å². The third kappa shape index (κ3) is 2.29. The summed E-state index contributed by atoms with van der Waals surface area (Å²) in [5.41, 5.74) is 0.997. The minimum absolute atomic E-state index is 0.0174. The fourth-order valence-corrected chi connectivity index (χ4v) is 1.77. The summed E-state index contributed by atoms with van der Waals surface area (Å²) in [6, 6.07) is 2.44. The van der Waals surface area contributed by atoms with E-state index in [4.69, 9.17) is 10.3 Å². The van der Waals surface area contributed by atoms with Crippen molar-refractivity contribution >= 4 is 17.8 Å². The third-order valence-electron chi connectivity index (χ3n) is 2.77. The molecule has 0 bridgehead atoms. The summed E-state index contributed by atoms with van der Waals surface area (Å²) in [5, 5.41) is 2.55. The zero-order valence-electron chi connectivity index (χ0n) is 10.5. The number of nitrogens with one attached hydrogen (secondary N) is 2. The second-order valence-corrected chi connectivity index (χ2v) is 4.69. The zero-order chi connectivity index (χ0) is 14.2. The van der Waals surface area contributed by atoms with Crippen molar-refractivity contribution < 1.29 is 18.8 Å². The standard InChI is InChI=1S/C11H14N4O4/c1-11(2)9(17)15(10(18)13-11)5-6-3-4-7(19-6)8(16)14-12/h3-4H,5,12H2,1-2H3,(H,13,18)(H,14,16). The quantitative estimate of drug-likeness (QED) is 0.301. The summed E-state index contributed by atoms with van der Waals surface area (Å²) in [4.78, 5) is 35.8. The highest BCUT2D eigenvalue weighted by molar-refractivity contribution is 6.06. The lowest BCUT2D eigenvalue weighted by molar-refractivity contribution is -0.130. The zero-order valence-corrected chi connectivity index (χ0v) is 10.5. The van der Waals surface area contributed by atoms with Crippen LogP contribution in [0.25, 0.3) is 0 Å². The number of hydrogen-bond acceptors (Lipinski definition) is 5. The first-order valence-corrected chi connectivity index (χ1v) is 5.59. The molecular formula is C11H14N4O4. The van der Waals surface area contributed by atoms with E-state index in [-0.39, 0.29) is 18.2 Å². The Balaban J connectivity index is 2.14. The number of nitrogens with two attached hydrogens (primary N) is 1. The van der Waals surface area contributed by atoms with Crippen LogP contribution in [0.1, 0.15) is 30.2 Å². The average molecular weight is 266 g/mol. The number of carbonyl (C=O) groups excluding carboxylic acids is 3. The van der Waals surface area contributed by atoms with E-state index in [0.29, 0.717) is 5.76 Å². The van der Waals surface area contributed by atoms with Crippen molar-refractivity contribution in [3.05, 3.63) is 23.7 Å². The smallest absolute Gasteiger partial charge is 0.325 e. The van der Waals surface area contributed by atoms with Crippen LogP contribution in [0.15, 0.2) is 16.5 Å². The Bertz CT molecular complexity index is 549. The van der Waals surface area contributed by atoms with Crippen LogP contribution in [0.3, 0.4) is 0 Å². The molecular weight excluding hydrogens is 252 g/mol. The number of hydrazine groups is 1. The van der Waals surface area contributed by atoms with Gasteiger partial charge in [-0.15, -0.1) is 0 Å². The Morgan fingerprint density at radius 2 is 2.16 bits per heavy atom. The Morgan fingerprint density at radius 1 is 1.47 bits per heavy atom. The van der Waals surface area contributed by atoms with Gasteiger partial charge in [0.1, 0.15) is 11.3 Å². The summed E-state index contributed by atoms with van der Waals surface area (Å²) in [7, 11) is 0. The summed E-state index contributed by atoms with van der Waals surface area (Å²) in [6.07, 6.45) is 0. The normalized spacial score (nSPS) is 17.5. The first kappa shape index (κ1) is 13.1. The lowest BCUT2D eigenvalue weighted by Gasteiger charge is -2.14. The minimum Gasteiger partial charge on any atom is -0.454 e. The van der Waals surface area contributed by atoms with Crippen molar-refractivity contribution in [3.63, 3.8) is 0 Å². The second kappa shape index (κ2) is 4.39. The molecule has 0 saturated carbocycles. The van der Waals surface area contributed by atoms with Crippen LogP contribution in [0, 0.1) is 0 Å². The summed E-state index contributed by atoms with van der Waals surface area (Å²) in [6.45, 7) is 3.19. The molecule has 4 amide bonds. The Morgan fingerprint density at radius 3 is 2.68 bits per heavy atom. The van der Waals surface area contributed by atoms with Crippen LogP contribution < -0.4 is 16.6 Å². The SMILES string of the molecule is CC1(C)NC(=O)N(Cc2ccc(C(=O)NN)o2)C1=O. The molecule has 1 aliphatic rings. The highest BCUT2D eigenvalue weighted by Gasteiger charge is 2.44. The number of imide groups is 1. The molecule has 1 fully saturated rings. The molecule has 4 N–H and O–H groups in total. The maximum atomic E-state index is 11.9. The van der Waals surface area contributed by atoms with Crippen LogP contribution in [-0.4, -0.2) is 28.3 Å². The average Bonchev–Trinajstić information content (AvgIpc) is 2.88. The largest absolute Gasteiger partial charge is 0.454 e. The molecule has 1 aromatic rings. The molecule has 0 unspecified atom stereocenters. The molecule has 0 aliphatic carbocycles. The van der Waals surface area contributed by atoms with E-state index in [9.17, 15) is 14.4 Å². The number of hydrogen-bond donors (Lipinski definition) is 3. The number of nitrogens with zero attached hydrogens (tertiary/aromatic N) is 1. The molecule has 0 aromatic carbocycles. The molecule has 8 nitrogen and oxygen atoms in total. The maximum absolute atomic E-state index is 11.9. The molecule has 1 aliphatic heterocycles. The van der Waals surface area contributed by atoms with E-state index < -0.39 is 17.5 Å². The molecule has 0 atom stereocenters. The molecule has 2 heterocycles. The van der Waals surface area contributed by atoms with Gasteiger partial charge in [-0.1, -0.05) is 0 Å². The summed E-state index contributed by atoms with van der Waals surface area (Å²) in [5.74, 6) is 4.38. The van der Waals surface area contributed by atoms with Crippen LogP contribution in [0.4, 0.5) is 4.79 Å². The molecule has 1 aromatic heterocycles. The van der Waals surface area contributed by atoms with Gasteiger partial charge in [-0.2, -0.15) is 0 Å².